The van der Waals surface area contributed by atoms with Gasteiger partial charge in [0.15, 0.2) is 17.0 Å². The second kappa shape index (κ2) is 5.11. The van der Waals surface area contributed by atoms with Crippen LogP contribution in [0, 0.1) is 0 Å². The maximum absolute atomic E-state index is 12.8. The molecule has 1 saturated heterocycles. The van der Waals surface area contributed by atoms with Crippen molar-refractivity contribution in [1.82, 2.24) is 9.80 Å². The smallest absolute Gasteiger partial charge is 0.333 e. The van der Waals surface area contributed by atoms with Crippen molar-refractivity contribution in [2.45, 2.75) is 24.9 Å². The second-order valence-corrected chi connectivity index (χ2v) is 6.67. The molecular formula is C17H20N2O5. The van der Waals surface area contributed by atoms with E-state index in [4.69, 9.17) is 14.2 Å². The first-order valence-corrected chi connectivity index (χ1v) is 7.95. The number of esters is 1. The first-order chi connectivity index (χ1) is 11.5. The largest absolute Gasteiger partial charge is 0.467 e. The highest BCUT2D eigenvalue weighted by Crippen LogP contribution is 2.49. The van der Waals surface area contributed by atoms with E-state index in [1.165, 1.54) is 14.0 Å². The maximum atomic E-state index is 12.8. The van der Waals surface area contributed by atoms with Crippen molar-refractivity contribution in [3.05, 3.63) is 23.3 Å². The number of hydrogen-bond donors (Lipinski definition) is 0. The zero-order chi connectivity index (χ0) is 17.1. The standard InChI is InChI=1S/C17H20N2O5/c1-10(20)19-6-11-4-14-15(24-9-23-14)5-12(11)13-7-18(2)8-17(13,19)16(21)22-3/h4-5,13H,6-9H2,1-3H3/t13-,17-/m1/s1. The van der Waals surface area contributed by atoms with E-state index in [2.05, 4.69) is 4.90 Å². The number of carbonyl (C=O) groups is 2. The molecule has 0 N–H and O–H groups in total. The molecule has 0 spiro atoms. The van der Waals surface area contributed by atoms with Crippen LogP contribution < -0.4 is 9.47 Å². The quantitative estimate of drug-likeness (QED) is 0.706. The normalized spacial score (nSPS) is 27.6. The van der Waals surface area contributed by atoms with Crippen LogP contribution in [0.3, 0.4) is 0 Å². The van der Waals surface area contributed by atoms with Crippen LogP contribution in [0.15, 0.2) is 12.1 Å². The third-order valence-corrected chi connectivity index (χ3v) is 5.32. The molecule has 1 aromatic rings. The zero-order valence-corrected chi connectivity index (χ0v) is 14.0. The summed E-state index contributed by atoms with van der Waals surface area (Å²) in [6, 6.07) is 3.88. The van der Waals surface area contributed by atoms with Crippen molar-refractivity contribution >= 4 is 11.9 Å². The number of ether oxygens (including phenoxy) is 3. The first kappa shape index (κ1) is 15.3. The van der Waals surface area contributed by atoms with E-state index in [-0.39, 0.29) is 24.6 Å². The van der Waals surface area contributed by atoms with Gasteiger partial charge in [0.25, 0.3) is 0 Å². The van der Waals surface area contributed by atoms with Gasteiger partial charge in [-0.1, -0.05) is 0 Å². The molecule has 1 fully saturated rings. The lowest BCUT2D eigenvalue weighted by molar-refractivity contribution is -0.163. The van der Waals surface area contributed by atoms with Gasteiger partial charge in [0.05, 0.1) is 7.11 Å². The molecule has 24 heavy (non-hydrogen) atoms. The maximum Gasteiger partial charge on any atom is 0.333 e. The van der Waals surface area contributed by atoms with Gasteiger partial charge in [-0.3, -0.25) is 4.79 Å². The van der Waals surface area contributed by atoms with Crippen LogP contribution in [0.4, 0.5) is 0 Å². The number of methoxy groups -OCH3 is 1. The monoisotopic (exact) mass is 332 g/mol. The fourth-order valence-corrected chi connectivity index (χ4v) is 4.34. The molecule has 3 aliphatic rings. The van der Waals surface area contributed by atoms with Crippen molar-refractivity contribution in [2.24, 2.45) is 0 Å². The predicted molar refractivity (Wildman–Crippen MR) is 83.8 cm³/mol. The molecule has 0 saturated carbocycles. The molecule has 4 rings (SSSR count). The van der Waals surface area contributed by atoms with Crippen molar-refractivity contribution in [1.29, 1.82) is 0 Å². The Hall–Kier alpha value is -2.28. The molecule has 0 aliphatic carbocycles. The van der Waals surface area contributed by atoms with E-state index in [0.29, 0.717) is 31.1 Å². The van der Waals surface area contributed by atoms with Crippen LogP contribution in [-0.4, -0.2) is 61.3 Å². The molecule has 7 nitrogen and oxygen atoms in total. The molecule has 1 amide bonds. The van der Waals surface area contributed by atoms with E-state index in [0.717, 1.165) is 11.1 Å². The van der Waals surface area contributed by atoms with Crippen molar-refractivity contribution in [3.63, 3.8) is 0 Å². The number of benzene rings is 1. The summed E-state index contributed by atoms with van der Waals surface area (Å²) in [6.07, 6.45) is 0. The van der Waals surface area contributed by atoms with Gasteiger partial charge in [-0.05, 0) is 30.3 Å². The first-order valence-electron chi connectivity index (χ1n) is 7.95. The number of amides is 1. The molecule has 128 valence electrons. The van der Waals surface area contributed by atoms with Crippen LogP contribution in [-0.2, 0) is 20.9 Å². The lowest BCUT2D eigenvalue weighted by Gasteiger charge is -2.46. The summed E-state index contributed by atoms with van der Waals surface area (Å²) in [6.45, 7) is 3.18. The Bertz CT molecular complexity index is 734. The summed E-state index contributed by atoms with van der Waals surface area (Å²) in [4.78, 5) is 28.9. The van der Waals surface area contributed by atoms with E-state index >= 15 is 0 Å². The van der Waals surface area contributed by atoms with Gasteiger partial charge in [-0.2, -0.15) is 0 Å². The molecule has 2 atom stereocenters. The molecule has 0 aromatic heterocycles. The summed E-state index contributed by atoms with van der Waals surface area (Å²) < 4.78 is 16.1. The molecular weight excluding hydrogens is 312 g/mol. The minimum absolute atomic E-state index is 0.135. The zero-order valence-electron chi connectivity index (χ0n) is 14.0. The van der Waals surface area contributed by atoms with Gasteiger partial charge in [-0.15, -0.1) is 0 Å². The number of carbonyl (C=O) groups excluding carboxylic acids is 2. The molecule has 0 unspecified atom stereocenters. The molecule has 3 heterocycles. The van der Waals surface area contributed by atoms with Gasteiger partial charge in [-0.25, -0.2) is 4.79 Å². The Balaban J connectivity index is 1.91. The van der Waals surface area contributed by atoms with Gasteiger partial charge >= 0.3 is 5.97 Å². The Morgan fingerprint density at radius 2 is 2.00 bits per heavy atom. The van der Waals surface area contributed by atoms with Crippen LogP contribution in [0.5, 0.6) is 11.5 Å². The minimum Gasteiger partial charge on any atom is -0.467 e. The Morgan fingerprint density at radius 1 is 1.29 bits per heavy atom. The van der Waals surface area contributed by atoms with Crippen LogP contribution in [0.25, 0.3) is 0 Å². The number of likely N-dealkylation sites (N-methyl/N-ethyl adjacent to an activating group) is 1. The summed E-state index contributed by atoms with van der Waals surface area (Å²) >= 11 is 0. The molecule has 0 bridgehead atoms. The third-order valence-electron chi connectivity index (χ3n) is 5.32. The van der Waals surface area contributed by atoms with Crippen molar-refractivity contribution in [3.8, 4) is 11.5 Å². The summed E-state index contributed by atoms with van der Waals surface area (Å²) in [5.41, 5.74) is 1.04. The SMILES string of the molecule is COC(=O)[C@@]12CN(C)C[C@@H]1c1cc3c(cc1CN2C(C)=O)OCO3. The number of rotatable bonds is 1. The summed E-state index contributed by atoms with van der Waals surface area (Å²) in [7, 11) is 3.33. The third kappa shape index (κ3) is 1.87. The predicted octanol–water partition coefficient (Wildman–Crippen LogP) is 0.718. The lowest BCUT2D eigenvalue weighted by atomic mass is 9.75. The highest BCUT2D eigenvalue weighted by molar-refractivity contribution is 5.90. The fourth-order valence-electron chi connectivity index (χ4n) is 4.34. The number of nitrogens with zero attached hydrogens (tertiary/aromatic N) is 2. The number of hydrogen-bond acceptors (Lipinski definition) is 6. The number of likely N-dealkylation sites (tertiary alicyclic amines) is 1. The average molecular weight is 332 g/mol. The van der Waals surface area contributed by atoms with Crippen molar-refractivity contribution in [2.75, 3.05) is 34.0 Å². The highest BCUT2D eigenvalue weighted by Gasteiger charge is 2.60. The van der Waals surface area contributed by atoms with Crippen LogP contribution in [0.2, 0.25) is 0 Å². The van der Waals surface area contributed by atoms with Crippen LogP contribution in [0.1, 0.15) is 24.0 Å². The molecule has 3 aliphatic heterocycles. The van der Waals surface area contributed by atoms with E-state index < -0.39 is 5.54 Å². The fraction of sp³-hybridized carbons (Fsp3) is 0.529. The van der Waals surface area contributed by atoms with E-state index in [1.807, 2.05) is 19.2 Å². The Morgan fingerprint density at radius 3 is 2.67 bits per heavy atom. The molecule has 1 aromatic carbocycles. The van der Waals surface area contributed by atoms with Crippen molar-refractivity contribution < 1.29 is 23.8 Å². The second-order valence-electron chi connectivity index (χ2n) is 6.67. The van der Waals surface area contributed by atoms with Gasteiger partial charge in [0.2, 0.25) is 12.7 Å². The van der Waals surface area contributed by atoms with E-state index in [9.17, 15) is 9.59 Å². The average Bonchev–Trinajstić information content (AvgIpc) is 3.14. The highest BCUT2D eigenvalue weighted by atomic mass is 16.7. The Kier molecular flexibility index (Phi) is 3.25. The summed E-state index contributed by atoms with van der Waals surface area (Å²) in [5, 5.41) is 0. The van der Waals surface area contributed by atoms with Gasteiger partial charge in [0, 0.05) is 32.5 Å². The minimum atomic E-state index is -0.990. The van der Waals surface area contributed by atoms with Crippen LogP contribution >= 0.6 is 0 Å². The van der Waals surface area contributed by atoms with Gasteiger partial charge < -0.3 is 24.0 Å². The topological polar surface area (TPSA) is 68.3 Å². The summed E-state index contributed by atoms with van der Waals surface area (Å²) in [5.74, 6) is 0.726. The number of fused-ring (bicyclic) bond motifs is 4. The Labute approximate surface area is 140 Å². The van der Waals surface area contributed by atoms with E-state index in [1.54, 1.807) is 4.90 Å². The molecule has 0 radical (unpaired) electrons. The molecule has 7 heteroatoms. The lowest BCUT2D eigenvalue weighted by Crippen LogP contribution is -2.62. The van der Waals surface area contributed by atoms with Gasteiger partial charge in [0.1, 0.15) is 0 Å².